The van der Waals surface area contributed by atoms with Gasteiger partial charge in [0.2, 0.25) is 0 Å². The molecule has 1 aromatic heterocycles. The quantitative estimate of drug-likeness (QED) is 0.649. The van der Waals surface area contributed by atoms with Gasteiger partial charge in [-0.05, 0) is 42.0 Å². The number of rotatable bonds is 4. The first-order valence-electron chi connectivity index (χ1n) is 10.6. The molecule has 3 aromatic rings. The smallest absolute Gasteiger partial charge is 0.409 e. The van der Waals surface area contributed by atoms with Gasteiger partial charge in [0.05, 0.1) is 6.20 Å². The molecule has 1 fully saturated rings. The molecule has 2 aromatic carbocycles. The molecule has 7 heteroatoms. The van der Waals surface area contributed by atoms with Gasteiger partial charge in [-0.1, -0.05) is 53.7 Å². The van der Waals surface area contributed by atoms with Crippen molar-refractivity contribution in [3.63, 3.8) is 0 Å². The number of fused-ring (bicyclic) bond motifs is 3. The highest BCUT2D eigenvalue weighted by Crippen LogP contribution is 2.44. The van der Waals surface area contributed by atoms with Crippen LogP contribution in [0.3, 0.4) is 0 Å². The molecule has 1 aliphatic carbocycles. The number of Topliss-reactive ketones (excluding diaryl/α,β-unsaturated/α-hetero) is 1. The van der Waals surface area contributed by atoms with Crippen LogP contribution in [0, 0.1) is 0 Å². The Hall–Kier alpha value is -3.48. The van der Waals surface area contributed by atoms with Gasteiger partial charge in [-0.25, -0.2) is 9.48 Å². The molecule has 0 saturated carbocycles. The lowest BCUT2D eigenvalue weighted by atomic mass is 9.84. The fourth-order valence-corrected chi connectivity index (χ4v) is 4.92. The molecule has 5 rings (SSSR count). The van der Waals surface area contributed by atoms with Crippen LogP contribution in [0.2, 0.25) is 0 Å². The topological polar surface area (TPSA) is 77.3 Å². The Morgan fingerprint density at radius 1 is 1.03 bits per heavy atom. The molecule has 1 aliphatic heterocycles. The van der Waals surface area contributed by atoms with E-state index < -0.39 is 5.54 Å². The number of amides is 1. The number of nitrogens with zero attached hydrogens (tertiary/aromatic N) is 4. The van der Waals surface area contributed by atoms with Crippen LogP contribution in [0.1, 0.15) is 36.8 Å². The summed E-state index contributed by atoms with van der Waals surface area (Å²) >= 11 is 0. The zero-order valence-corrected chi connectivity index (χ0v) is 17.4. The molecule has 1 saturated heterocycles. The van der Waals surface area contributed by atoms with Gasteiger partial charge in [0.25, 0.3) is 0 Å². The molecular weight excluding hydrogens is 392 g/mol. The summed E-state index contributed by atoms with van der Waals surface area (Å²) in [6.07, 6.45) is 3.94. The molecule has 0 radical (unpaired) electrons. The first-order valence-corrected chi connectivity index (χ1v) is 10.6. The minimum Gasteiger partial charge on any atom is -0.448 e. The Bertz CT molecular complexity index is 1070. The number of piperidine rings is 1. The summed E-state index contributed by atoms with van der Waals surface area (Å²) in [7, 11) is 0. The Morgan fingerprint density at radius 2 is 1.65 bits per heavy atom. The van der Waals surface area contributed by atoms with E-state index in [4.69, 9.17) is 4.74 Å². The fourth-order valence-electron chi connectivity index (χ4n) is 4.92. The minimum absolute atomic E-state index is 0.0326. The molecule has 31 heavy (non-hydrogen) atoms. The predicted molar refractivity (Wildman–Crippen MR) is 115 cm³/mol. The van der Waals surface area contributed by atoms with Gasteiger partial charge in [0, 0.05) is 25.2 Å². The molecule has 1 amide bonds. The van der Waals surface area contributed by atoms with Gasteiger partial charge >= 0.3 is 6.09 Å². The fraction of sp³-hybridized carbons (Fsp3) is 0.333. The highest BCUT2D eigenvalue weighted by atomic mass is 16.6. The van der Waals surface area contributed by atoms with Gasteiger partial charge in [-0.3, -0.25) is 4.79 Å². The lowest BCUT2D eigenvalue weighted by molar-refractivity contribution is -0.128. The van der Waals surface area contributed by atoms with Crippen LogP contribution < -0.4 is 0 Å². The van der Waals surface area contributed by atoms with E-state index in [1.54, 1.807) is 28.9 Å². The van der Waals surface area contributed by atoms with E-state index >= 15 is 0 Å². The highest BCUT2D eigenvalue weighted by molar-refractivity contribution is 5.84. The van der Waals surface area contributed by atoms with Crippen LogP contribution in [0.5, 0.6) is 0 Å². The van der Waals surface area contributed by atoms with Crippen LogP contribution in [0.25, 0.3) is 11.1 Å². The van der Waals surface area contributed by atoms with Gasteiger partial charge in [-0.2, -0.15) is 0 Å². The van der Waals surface area contributed by atoms with Gasteiger partial charge in [0.15, 0.2) is 5.78 Å². The Labute approximate surface area is 180 Å². The number of likely N-dealkylation sites (tertiary alicyclic amines) is 1. The molecule has 2 heterocycles. The lowest BCUT2D eigenvalue weighted by Gasteiger charge is -2.39. The molecule has 7 nitrogen and oxygen atoms in total. The van der Waals surface area contributed by atoms with Crippen LogP contribution in [-0.2, 0) is 15.1 Å². The van der Waals surface area contributed by atoms with Gasteiger partial charge < -0.3 is 9.64 Å². The van der Waals surface area contributed by atoms with E-state index in [1.165, 1.54) is 22.3 Å². The van der Waals surface area contributed by atoms with E-state index in [0.717, 1.165) is 0 Å². The Morgan fingerprint density at radius 3 is 2.19 bits per heavy atom. The van der Waals surface area contributed by atoms with Gasteiger partial charge in [-0.15, -0.1) is 5.10 Å². The number of carbonyl (C=O) groups is 2. The third-order valence-electron chi connectivity index (χ3n) is 6.70. The zero-order valence-electron chi connectivity index (χ0n) is 17.4. The van der Waals surface area contributed by atoms with Crippen molar-refractivity contribution in [3.05, 3.63) is 72.1 Å². The SMILES string of the molecule is CC(=O)C1(n2ccnn2)CCN(C(=O)OCC2c3ccccc3-c3ccccc32)CC1. The molecule has 158 valence electrons. The largest absolute Gasteiger partial charge is 0.448 e. The summed E-state index contributed by atoms with van der Waals surface area (Å²) in [6, 6.07) is 16.6. The van der Waals surface area contributed by atoms with E-state index in [2.05, 4.69) is 34.6 Å². The normalized spacial score (nSPS) is 17.1. The van der Waals surface area contributed by atoms with Crippen LogP contribution in [0.4, 0.5) is 4.79 Å². The third-order valence-corrected chi connectivity index (χ3v) is 6.70. The standard InChI is InChI=1S/C24H24N4O3/c1-17(29)24(28-15-12-25-26-28)10-13-27(14-11-24)23(30)31-16-22-20-8-4-2-6-18(20)19-7-3-5-9-21(19)22/h2-9,12,15,22H,10-11,13-14,16H2,1H3. The summed E-state index contributed by atoms with van der Waals surface area (Å²) in [4.78, 5) is 26.9. The second kappa shape index (κ2) is 7.65. The summed E-state index contributed by atoms with van der Waals surface area (Å²) < 4.78 is 7.40. The molecular formula is C24H24N4O3. The Balaban J connectivity index is 1.27. The number of benzene rings is 2. The third kappa shape index (κ3) is 3.21. The van der Waals surface area contributed by atoms with Crippen molar-refractivity contribution in [3.8, 4) is 11.1 Å². The molecule has 0 atom stereocenters. The van der Waals surface area contributed by atoms with E-state index in [1.807, 2.05) is 24.3 Å². The van der Waals surface area contributed by atoms with Crippen LogP contribution >= 0.6 is 0 Å². The van der Waals surface area contributed by atoms with Crippen molar-refractivity contribution in [2.45, 2.75) is 31.2 Å². The van der Waals surface area contributed by atoms with E-state index in [-0.39, 0.29) is 17.8 Å². The highest BCUT2D eigenvalue weighted by Gasteiger charge is 2.43. The second-order valence-corrected chi connectivity index (χ2v) is 8.23. The number of ketones is 1. The number of hydrogen-bond donors (Lipinski definition) is 0. The predicted octanol–water partition coefficient (Wildman–Crippen LogP) is 3.61. The summed E-state index contributed by atoms with van der Waals surface area (Å²) in [5.74, 6) is 0.0674. The lowest BCUT2D eigenvalue weighted by Crippen LogP contribution is -2.52. The summed E-state index contributed by atoms with van der Waals surface area (Å²) in [5, 5.41) is 7.89. The zero-order chi connectivity index (χ0) is 21.4. The number of carbonyl (C=O) groups excluding carboxylic acids is 2. The monoisotopic (exact) mass is 416 g/mol. The van der Waals surface area contributed by atoms with Crippen molar-refractivity contribution >= 4 is 11.9 Å². The first-order chi connectivity index (χ1) is 15.1. The van der Waals surface area contributed by atoms with Crippen molar-refractivity contribution in [2.75, 3.05) is 19.7 Å². The summed E-state index contributed by atoms with van der Waals surface area (Å²) in [6.45, 7) is 2.75. The molecule has 0 unspecified atom stereocenters. The number of ether oxygens (including phenoxy) is 1. The maximum absolute atomic E-state index is 12.8. The van der Waals surface area contributed by atoms with Crippen molar-refractivity contribution < 1.29 is 14.3 Å². The number of aromatic nitrogens is 3. The van der Waals surface area contributed by atoms with Crippen molar-refractivity contribution in [2.24, 2.45) is 0 Å². The Kier molecular flexibility index (Phi) is 4.81. The van der Waals surface area contributed by atoms with Crippen molar-refractivity contribution in [1.29, 1.82) is 0 Å². The average Bonchev–Trinajstić information content (AvgIpc) is 3.45. The van der Waals surface area contributed by atoms with Crippen LogP contribution in [0.15, 0.2) is 60.9 Å². The molecule has 2 aliphatic rings. The van der Waals surface area contributed by atoms with Gasteiger partial charge in [0.1, 0.15) is 12.1 Å². The van der Waals surface area contributed by atoms with Crippen molar-refractivity contribution in [1.82, 2.24) is 19.9 Å². The van der Waals surface area contributed by atoms with Crippen LogP contribution in [-0.4, -0.2) is 51.5 Å². The maximum atomic E-state index is 12.8. The molecule has 0 bridgehead atoms. The average molecular weight is 416 g/mol. The van der Waals surface area contributed by atoms with E-state index in [0.29, 0.717) is 32.5 Å². The number of hydrogen-bond acceptors (Lipinski definition) is 5. The molecule has 0 spiro atoms. The minimum atomic E-state index is -0.739. The van der Waals surface area contributed by atoms with E-state index in [9.17, 15) is 9.59 Å². The first kappa shape index (κ1) is 19.5. The second-order valence-electron chi connectivity index (χ2n) is 8.23. The molecule has 0 N–H and O–H groups in total. The summed E-state index contributed by atoms with van der Waals surface area (Å²) in [5.41, 5.74) is 4.05. The maximum Gasteiger partial charge on any atom is 0.409 e.